The maximum atomic E-state index is 12.3. The van der Waals surface area contributed by atoms with E-state index in [1.54, 1.807) is 30.6 Å². The highest BCUT2D eigenvalue weighted by Crippen LogP contribution is 2.28. The summed E-state index contributed by atoms with van der Waals surface area (Å²) in [4.78, 5) is 30.7. The number of aromatic nitrogens is 4. The number of aliphatic hydroxyl groups is 1. The topological polar surface area (TPSA) is 101 Å². The fourth-order valence-electron chi connectivity index (χ4n) is 2.94. The van der Waals surface area contributed by atoms with Crippen molar-refractivity contribution in [3.8, 4) is 22.8 Å². The molecule has 0 radical (unpaired) electrons. The first-order chi connectivity index (χ1) is 14.3. The summed E-state index contributed by atoms with van der Waals surface area (Å²) in [7, 11) is 0. The van der Waals surface area contributed by atoms with Gasteiger partial charge in [-0.2, -0.15) is 0 Å². The number of aliphatic hydroxyl groups excluding tert-OH is 1. The van der Waals surface area contributed by atoms with Crippen LogP contribution in [0.3, 0.4) is 0 Å². The molecule has 144 valence electrons. The van der Waals surface area contributed by atoms with Crippen molar-refractivity contribution in [2.24, 2.45) is 0 Å². The smallest absolute Gasteiger partial charge is 0.251 e. The Bertz CT molecular complexity index is 1130. The molecule has 29 heavy (non-hydrogen) atoms. The van der Waals surface area contributed by atoms with Crippen LogP contribution in [0, 0.1) is 0 Å². The fourth-order valence-corrected chi connectivity index (χ4v) is 2.94. The zero-order chi connectivity index (χ0) is 20.1. The van der Waals surface area contributed by atoms with E-state index in [0.29, 0.717) is 52.3 Å². The number of hydrogen-bond donors (Lipinski definition) is 2. The van der Waals surface area contributed by atoms with Crippen LogP contribution in [0.15, 0.2) is 67.0 Å². The molecule has 1 amide bonds. The Morgan fingerprint density at radius 1 is 0.862 bits per heavy atom. The van der Waals surface area contributed by atoms with Crippen molar-refractivity contribution in [2.45, 2.75) is 6.42 Å². The molecule has 0 aliphatic rings. The van der Waals surface area contributed by atoms with Gasteiger partial charge in [0.25, 0.3) is 5.91 Å². The van der Waals surface area contributed by atoms with E-state index in [9.17, 15) is 4.79 Å². The molecule has 4 rings (SSSR count). The van der Waals surface area contributed by atoms with E-state index < -0.39 is 0 Å². The lowest BCUT2D eigenvalue weighted by Crippen LogP contribution is -2.25. The Morgan fingerprint density at radius 3 is 2.10 bits per heavy atom. The van der Waals surface area contributed by atoms with Gasteiger partial charge in [0.2, 0.25) is 0 Å². The number of nitrogens with zero attached hydrogens (tertiary/aromatic N) is 4. The molecule has 0 atom stereocenters. The number of nitrogens with one attached hydrogen (secondary N) is 1. The van der Waals surface area contributed by atoms with Crippen LogP contribution in [0.2, 0.25) is 0 Å². The highest BCUT2D eigenvalue weighted by molar-refractivity contribution is 5.98. The molecule has 3 aromatic heterocycles. The van der Waals surface area contributed by atoms with Crippen LogP contribution in [0.25, 0.3) is 33.8 Å². The molecule has 7 nitrogen and oxygen atoms in total. The van der Waals surface area contributed by atoms with Crippen molar-refractivity contribution in [3.63, 3.8) is 0 Å². The Kier molecular flexibility index (Phi) is 5.49. The van der Waals surface area contributed by atoms with Crippen LogP contribution >= 0.6 is 0 Å². The third kappa shape index (κ3) is 4.09. The predicted octanol–water partition coefficient (Wildman–Crippen LogP) is 2.87. The number of rotatable bonds is 6. The lowest BCUT2D eigenvalue weighted by Gasteiger charge is -2.10. The van der Waals surface area contributed by atoms with Crippen molar-refractivity contribution in [3.05, 3.63) is 72.6 Å². The lowest BCUT2D eigenvalue weighted by atomic mass is 10.1. The van der Waals surface area contributed by atoms with Gasteiger partial charge in [-0.1, -0.05) is 12.1 Å². The minimum absolute atomic E-state index is 0.0349. The van der Waals surface area contributed by atoms with Crippen LogP contribution < -0.4 is 5.32 Å². The highest BCUT2D eigenvalue weighted by Gasteiger charge is 2.16. The third-order valence-electron chi connectivity index (χ3n) is 4.36. The maximum Gasteiger partial charge on any atom is 0.251 e. The molecule has 4 aromatic rings. The van der Waals surface area contributed by atoms with Gasteiger partial charge in [0.1, 0.15) is 11.4 Å². The van der Waals surface area contributed by atoms with Gasteiger partial charge in [0.15, 0.2) is 0 Å². The second kappa shape index (κ2) is 8.53. The largest absolute Gasteiger partial charge is 0.396 e. The number of amides is 1. The van der Waals surface area contributed by atoms with E-state index in [0.717, 1.165) is 0 Å². The number of carbonyl (C=O) groups is 1. The van der Waals surface area contributed by atoms with Crippen LogP contribution in [0.4, 0.5) is 0 Å². The first-order valence-electron chi connectivity index (χ1n) is 9.30. The summed E-state index contributed by atoms with van der Waals surface area (Å²) in [6.07, 6.45) is 3.92. The minimum Gasteiger partial charge on any atom is -0.396 e. The Morgan fingerprint density at radius 2 is 1.52 bits per heavy atom. The molecule has 3 heterocycles. The molecule has 7 heteroatoms. The first-order valence-corrected chi connectivity index (χ1v) is 9.30. The Balaban J connectivity index is 1.82. The molecule has 0 saturated carbocycles. The van der Waals surface area contributed by atoms with E-state index in [-0.39, 0.29) is 12.5 Å². The van der Waals surface area contributed by atoms with Crippen molar-refractivity contribution in [1.82, 2.24) is 25.3 Å². The number of fused-ring (bicyclic) bond motifs is 1. The SMILES string of the molecule is O=C(NCCCO)c1ccc2nc(-c3ccccn3)c(-c3ccccn3)nc2c1. The van der Waals surface area contributed by atoms with Crippen molar-refractivity contribution in [2.75, 3.05) is 13.2 Å². The van der Waals surface area contributed by atoms with E-state index in [4.69, 9.17) is 15.1 Å². The molecular weight excluding hydrogens is 366 g/mol. The van der Waals surface area contributed by atoms with Gasteiger partial charge >= 0.3 is 0 Å². The fraction of sp³-hybridized carbons (Fsp3) is 0.136. The van der Waals surface area contributed by atoms with E-state index in [2.05, 4.69) is 15.3 Å². The molecule has 0 unspecified atom stereocenters. The summed E-state index contributed by atoms with van der Waals surface area (Å²) in [6, 6.07) is 16.4. The summed E-state index contributed by atoms with van der Waals surface area (Å²) in [5.74, 6) is -0.213. The normalized spacial score (nSPS) is 10.8. The molecule has 1 aromatic carbocycles. The molecule has 0 saturated heterocycles. The zero-order valence-electron chi connectivity index (χ0n) is 15.6. The predicted molar refractivity (Wildman–Crippen MR) is 110 cm³/mol. The minimum atomic E-state index is -0.213. The van der Waals surface area contributed by atoms with E-state index in [1.165, 1.54) is 0 Å². The van der Waals surface area contributed by atoms with Gasteiger partial charge in [-0.25, -0.2) is 9.97 Å². The first kappa shape index (κ1) is 18.6. The molecule has 0 spiro atoms. The number of benzene rings is 1. The third-order valence-corrected chi connectivity index (χ3v) is 4.36. The standard InChI is InChI=1S/C22H19N5O2/c28-13-5-12-25-22(29)15-8-9-16-19(14-15)27-21(18-7-2-4-11-24-18)20(26-16)17-6-1-3-10-23-17/h1-4,6-11,14,28H,5,12-13H2,(H,25,29). The van der Waals surface area contributed by atoms with Crippen molar-refractivity contribution >= 4 is 16.9 Å². The second-order valence-corrected chi connectivity index (χ2v) is 6.39. The maximum absolute atomic E-state index is 12.3. The Labute approximate surface area is 167 Å². The average Bonchev–Trinajstić information content (AvgIpc) is 2.79. The molecule has 0 aliphatic carbocycles. The number of hydrogen-bond acceptors (Lipinski definition) is 6. The van der Waals surface area contributed by atoms with Crippen molar-refractivity contribution in [1.29, 1.82) is 0 Å². The average molecular weight is 385 g/mol. The summed E-state index contributed by atoms with van der Waals surface area (Å²) >= 11 is 0. The van der Waals surface area contributed by atoms with Crippen LogP contribution in [0.5, 0.6) is 0 Å². The Hall–Kier alpha value is -3.71. The molecule has 2 N–H and O–H groups in total. The van der Waals surface area contributed by atoms with Crippen LogP contribution in [0.1, 0.15) is 16.8 Å². The van der Waals surface area contributed by atoms with E-state index >= 15 is 0 Å². The number of pyridine rings is 2. The van der Waals surface area contributed by atoms with Gasteiger partial charge in [-0.05, 0) is 48.9 Å². The zero-order valence-corrected chi connectivity index (χ0v) is 15.6. The quantitative estimate of drug-likeness (QED) is 0.495. The molecule has 0 aliphatic heterocycles. The van der Waals surface area contributed by atoms with Crippen LogP contribution in [-0.2, 0) is 0 Å². The van der Waals surface area contributed by atoms with Gasteiger partial charge in [-0.3, -0.25) is 14.8 Å². The van der Waals surface area contributed by atoms with Crippen LogP contribution in [-0.4, -0.2) is 44.1 Å². The lowest BCUT2D eigenvalue weighted by molar-refractivity contribution is 0.0951. The summed E-state index contributed by atoms with van der Waals surface area (Å²) in [5, 5.41) is 11.6. The van der Waals surface area contributed by atoms with Crippen molar-refractivity contribution < 1.29 is 9.90 Å². The summed E-state index contributed by atoms with van der Waals surface area (Å²) < 4.78 is 0. The number of carbonyl (C=O) groups excluding carboxylic acids is 1. The van der Waals surface area contributed by atoms with Gasteiger partial charge in [0.05, 0.1) is 22.4 Å². The second-order valence-electron chi connectivity index (χ2n) is 6.39. The van der Waals surface area contributed by atoms with Gasteiger partial charge < -0.3 is 10.4 Å². The molecule has 0 bridgehead atoms. The van der Waals surface area contributed by atoms with Gasteiger partial charge in [0, 0.05) is 31.1 Å². The van der Waals surface area contributed by atoms with E-state index in [1.807, 2.05) is 36.4 Å². The van der Waals surface area contributed by atoms with Gasteiger partial charge in [-0.15, -0.1) is 0 Å². The molecule has 0 fully saturated rings. The summed E-state index contributed by atoms with van der Waals surface area (Å²) in [6.45, 7) is 0.448. The summed E-state index contributed by atoms with van der Waals surface area (Å²) in [5.41, 5.74) is 4.37. The molecular formula is C22H19N5O2. The monoisotopic (exact) mass is 385 g/mol. The highest BCUT2D eigenvalue weighted by atomic mass is 16.3.